The van der Waals surface area contributed by atoms with Gasteiger partial charge in [0.2, 0.25) is 0 Å². The van der Waals surface area contributed by atoms with Crippen LogP contribution in [-0.4, -0.2) is 34.7 Å². The zero-order chi connectivity index (χ0) is 11.5. The lowest BCUT2D eigenvalue weighted by atomic mass is 10.0. The van der Waals surface area contributed by atoms with Gasteiger partial charge in [-0.05, 0) is 18.4 Å². The average Bonchev–Trinajstić information content (AvgIpc) is 2.62. The summed E-state index contributed by atoms with van der Waals surface area (Å²) in [6, 6.07) is 9.75. The fourth-order valence-electron chi connectivity index (χ4n) is 2.23. The predicted octanol–water partition coefficient (Wildman–Crippen LogP) is 1.31. The third-order valence-corrected chi connectivity index (χ3v) is 3.13. The highest BCUT2D eigenvalue weighted by Crippen LogP contribution is 2.20. The standard InChI is InChI=1S/C12H16N2O2/c13-10-6-7-14(12(15)16)11(10)8-9-4-2-1-3-5-9/h1-5,10-11H,6-8,13H2,(H,15,16). The fraction of sp³-hybridized carbons (Fsp3) is 0.417. The van der Waals surface area contributed by atoms with Crippen molar-refractivity contribution in [2.24, 2.45) is 5.73 Å². The highest BCUT2D eigenvalue weighted by atomic mass is 16.4. The summed E-state index contributed by atoms with van der Waals surface area (Å²) in [6.45, 7) is 0.550. The molecule has 86 valence electrons. The highest BCUT2D eigenvalue weighted by Gasteiger charge is 2.34. The van der Waals surface area contributed by atoms with Crippen molar-refractivity contribution in [2.45, 2.75) is 24.9 Å². The lowest BCUT2D eigenvalue weighted by molar-refractivity contribution is 0.138. The Balaban J connectivity index is 2.10. The molecule has 1 heterocycles. The Kier molecular flexibility index (Phi) is 3.10. The van der Waals surface area contributed by atoms with E-state index in [2.05, 4.69) is 0 Å². The van der Waals surface area contributed by atoms with Crippen LogP contribution in [0.3, 0.4) is 0 Å². The molecule has 1 amide bonds. The Labute approximate surface area is 94.7 Å². The molecule has 0 radical (unpaired) electrons. The summed E-state index contributed by atoms with van der Waals surface area (Å²) in [5.74, 6) is 0. The minimum Gasteiger partial charge on any atom is -0.465 e. The van der Waals surface area contributed by atoms with E-state index in [9.17, 15) is 4.79 Å². The van der Waals surface area contributed by atoms with Gasteiger partial charge in [0, 0.05) is 12.6 Å². The van der Waals surface area contributed by atoms with Gasteiger partial charge in [0.05, 0.1) is 6.04 Å². The molecule has 1 aromatic rings. The molecule has 1 aliphatic rings. The van der Waals surface area contributed by atoms with E-state index in [1.54, 1.807) is 0 Å². The second-order valence-corrected chi connectivity index (χ2v) is 4.19. The van der Waals surface area contributed by atoms with Crippen molar-refractivity contribution < 1.29 is 9.90 Å². The molecule has 3 N–H and O–H groups in total. The number of benzene rings is 1. The molecule has 0 aliphatic carbocycles. The summed E-state index contributed by atoms with van der Waals surface area (Å²) in [7, 11) is 0. The van der Waals surface area contributed by atoms with Gasteiger partial charge in [-0.1, -0.05) is 30.3 Å². The van der Waals surface area contributed by atoms with E-state index >= 15 is 0 Å². The molecule has 2 rings (SSSR count). The molecule has 0 saturated carbocycles. The van der Waals surface area contributed by atoms with Crippen LogP contribution < -0.4 is 5.73 Å². The molecule has 16 heavy (non-hydrogen) atoms. The number of carbonyl (C=O) groups is 1. The molecule has 1 aliphatic heterocycles. The lowest BCUT2D eigenvalue weighted by Crippen LogP contribution is -2.43. The molecule has 0 spiro atoms. The first kappa shape index (κ1) is 11.0. The summed E-state index contributed by atoms with van der Waals surface area (Å²) in [5.41, 5.74) is 7.09. The van der Waals surface area contributed by atoms with E-state index < -0.39 is 6.09 Å². The fourth-order valence-corrected chi connectivity index (χ4v) is 2.23. The molecule has 0 aromatic heterocycles. The van der Waals surface area contributed by atoms with Gasteiger partial charge in [0.15, 0.2) is 0 Å². The Morgan fingerprint density at radius 3 is 2.75 bits per heavy atom. The van der Waals surface area contributed by atoms with Crippen molar-refractivity contribution in [1.29, 1.82) is 0 Å². The second kappa shape index (κ2) is 4.53. The highest BCUT2D eigenvalue weighted by molar-refractivity contribution is 5.66. The number of hydrogen-bond donors (Lipinski definition) is 2. The van der Waals surface area contributed by atoms with Gasteiger partial charge < -0.3 is 15.7 Å². The van der Waals surface area contributed by atoms with Gasteiger partial charge in [-0.25, -0.2) is 4.79 Å². The van der Waals surface area contributed by atoms with Crippen molar-refractivity contribution in [1.82, 2.24) is 4.90 Å². The first-order chi connectivity index (χ1) is 7.68. The van der Waals surface area contributed by atoms with Gasteiger partial charge in [-0.3, -0.25) is 0 Å². The van der Waals surface area contributed by atoms with E-state index in [0.29, 0.717) is 13.0 Å². The molecule has 2 unspecified atom stereocenters. The molecule has 4 nitrogen and oxygen atoms in total. The van der Waals surface area contributed by atoms with Crippen molar-refractivity contribution in [3.05, 3.63) is 35.9 Å². The quantitative estimate of drug-likeness (QED) is 0.789. The number of amides is 1. The van der Waals surface area contributed by atoms with Gasteiger partial charge in [0.25, 0.3) is 0 Å². The van der Waals surface area contributed by atoms with E-state index in [4.69, 9.17) is 10.8 Å². The Morgan fingerprint density at radius 1 is 1.44 bits per heavy atom. The van der Waals surface area contributed by atoms with Gasteiger partial charge in [-0.2, -0.15) is 0 Å². The average molecular weight is 220 g/mol. The van der Waals surface area contributed by atoms with Crippen molar-refractivity contribution in [2.75, 3.05) is 6.54 Å². The monoisotopic (exact) mass is 220 g/mol. The molecule has 2 atom stereocenters. The first-order valence-corrected chi connectivity index (χ1v) is 5.47. The number of rotatable bonds is 2. The lowest BCUT2D eigenvalue weighted by Gasteiger charge is -2.24. The molecule has 1 fully saturated rings. The Morgan fingerprint density at radius 2 is 2.12 bits per heavy atom. The van der Waals surface area contributed by atoms with Crippen molar-refractivity contribution in [3.8, 4) is 0 Å². The number of nitrogens with two attached hydrogens (primary N) is 1. The summed E-state index contributed by atoms with van der Waals surface area (Å²) in [4.78, 5) is 12.5. The Bertz CT molecular complexity index is 367. The Hall–Kier alpha value is -1.55. The maximum absolute atomic E-state index is 11.0. The summed E-state index contributed by atoms with van der Waals surface area (Å²) in [6.07, 6.45) is 0.590. The molecular weight excluding hydrogens is 204 g/mol. The molecule has 0 bridgehead atoms. The third kappa shape index (κ3) is 2.17. The van der Waals surface area contributed by atoms with Crippen LogP contribution in [0.15, 0.2) is 30.3 Å². The summed E-state index contributed by atoms with van der Waals surface area (Å²) >= 11 is 0. The number of likely N-dealkylation sites (tertiary alicyclic amines) is 1. The van der Waals surface area contributed by atoms with Crippen LogP contribution in [0.1, 0.15) is 12.0 Å². The molecular formula is C12H16N2O2. The number of nitrogens with zero attached hydrogens (tertiary/aromatic N) is 1. The molecule has 4 heteroatoms. The zero-order valence-corrected chi connectivity index (χ0v) is 9.04. The van der Waals surface area contributed by atoms with Crippen LogP contribution in [-0.2, 0) is 6.42 Å². The van der Waals surface area contributed by atoms with Crippen LogP contribution in [0.4, 0.5) is 4.79 Å². The van der Waals surface area contributed by atoms with E-state index in [0.717, 1.165) is 12.0 Å². The molecule has 1 aromatic carbocycles. The topological polar surface area (TPSA) is 66.6 Å². The second-order valence-electron chi connectivity index (χ2n) is 4.19. The number of carboxylic acid groups (broad SMARTS) is 1. The van der Waals surface area contributed by atoms with Crippen LogP contribution in [0.2, 0.25) is 0 Å². The van der Waals surface area contributed by atoms with Crippen LogP contribution in [0.5, 0.6) is 0 Å². The van der Waals surface area contributed by atoms with Gasteiger partial charge in [-0.15, -0.1) is 0 Å². The van der Waals surface area contributed by atoms with Gasteiger partial charge >= 0.3 is 6.09 Å². The smallest absolute Gasteiger partial charge is 0.407 e. The van der Waals surface area contributed by atoms with Crippen LogP contribution in [0.25, 0.3) is 0 Å². The van der Waals surface area contributed by atoms with Crippen LogP contribution >= 0.6 is 0 Å². The zero-order valence-electron chi connectivity index (χ0n) is 9.04. The maximum Gasteiger partial charge on any atom is 0.407 e. The number of hydrogen-bond acceptors (Lipinski definition) is 2. The van der Waals surface area contributed by atoms with E-state index in [1.165, 1.54) is 4.90 Å². The van der Waals surface area contributed by atoms with E-state index in [1.807, 2.05) is 30.3 Å². The van der Waals surface area contributed by atoms with E-state index in [-0.39, 0.29) is 12.1 Å². The SMILES string of the molecule is NC1CCN(C(=O)O)C1Cc1ccccc1. The first-order valence-electron chi connectivity index (χ1n) is 5.47. The minimum atomic E-state index is -0.867. The summed E-state index contributed by atoms with van der Waals surface area (Å²) < 4.78 is 0. The predicted molar refractivity (Wildman–Crippen MR) is 61.3 cm³/mol. The maximum atomic E-state index is 11.0. The van der Waals surface area contributed by atoms with Crippen molar-refractivity contribution >= 4 is 6.09 Å². The van der Waals surface area contributed by atoms with Crippen LogP contribution in [0, 0.1) is 0 Å². The third-order valence-electron chi connectivity index (χ3n) is 3.13. The largest absolute Gasteiger partial charge is 0.465 e. The summed E-state index contributed by atoms with van der Waals surface area (Å²) in [5, 5.41) is 9.05. The minimum absolute atomic E-state index is 0.0451. The molecule has 1 saturated heterocycles. The van der Waals surface area contributed by atoms with Crippen molar-refractivity contribution in [3.63, 3.8) is 0 Å². The van der Waals surface area contributed by atoms with Gasteiger partial charge in [0.1, 0.15) is 0 Å². The normalized spacial score (nSPS) is 24.7.